The van der Waals surface area contributed by atoms with E-state index in [2.05, 4.69) is 6.58 Å². The summed E-state index contributed by atoms with van der Waals surface area (Å²) in [6.45, 7) is 4.14. The Hall–Kier alpha value is -2.85. The smallest absolute Gasteiger partial charge is 0.243 e. The molecule has 7 nitrogen and oxygen atoms in total. The molecular weight excluding hydrogens is 520 g/mol. The largest absolute Gasteiger partial charge is 0.493 e. The maximum Gasteiger partial charge on any atom is 0.243 e. The van der Waals surface area contributed by atoms with Crippen LogP contribution in [0.5, 0.6) is 11.5 Å². The number of methoxy groups -OCH3 is 2. The number of nitrogens with zero attached hydrogens (tertiary/aromatic N) is 2. The molecule has 0 atom stereocenters. The van der Waals surface area contributed by atoms with Crippen molar-refractivity contribution in [2.24, 2.45) is 0 Å². The highest BCUT2D eigenvalue weighted by Gasteiger charge is 2.28. The van der Waals surface area contributed by atoms with Gasteiger partial charge in [-0.15, -0.1) is 17.9 Å². The van der Waals surface area contributed by atoms with E-state index in [0.29, 0.717) is 36.0 Å². The fourth-order valence-electron chi connectivity index (χ4n) is 3.58. The Bertz CT molecular complexity index is 1260. The van der Waals surface area contributed by atoms with Gasteiger partial charge in [-0.05, 0) is 59.8 Å². The molecule has 0 bridgehead atoms. The zero-order valence-electron chi connectivity index (χ0n) is 20.2. The molecule has 0 radical (unpaired) electrons. The summed E-state index contributed by atoms with van der Waals surface area (Å²) in [5, 5.41) is 2.37. The SMILES string of the molecule is C=CCN(CC(=O)N(CCc1ccc(OC)c(OC)c1)Cc1cccs1)S(=O)(=O)c1ccc(Cl)cc1. The normalized spacial score (nSPS) is 11.3. The van der Waals surface area contributed by atoms with Crippen LogP contribution in [0, 0.1) is 0 Å². The fraction of sp³-hybridized carbons (Fsp3) is 0.269. The molecule has 0 saturated carbocycles. The lowest BCUT2D eigenvalue weighted by atomic mass is 10.1. The average Bonchev–Trinajstić information content (AvgIpc) is 3.39. The number of hydrogen-bond donors (Lipinski definition) is 0. The summed E-state index contributed by atoms with van der Waals surface area (Å²) < 4.78 is 38.3. The van der Waals surface area contributed by atoms with Crippen molar-refractivity contribution in [3.63, 3.8) is 0 Å². The minimum atomic E-state index is -3.93. The molecule has 10 heteroatoms. The van der Waals surface area contributed by atoms with Crippen molar-refractivity contribution in [1.82, 2.24) is 9.21 Å². The second kappa shape index (κ2) is 12.9. The summed E-state index contributed by atoms with van der Waals surface area (Å²) >= 11 is 7.46. The van der Waals surface area contributed by atoms with Gasteiger partial charge in [0.25, 0.3) is 0 Å². The molecule has 1 heterocycles. The van der Waals surface area contributed by atoms with E-state index in [-0.39, 0.29) is 23.9 Å². The monoisotopic (exact) mass is 548 g/mol. The van der Waals surface area contributed by atoms with Crippen LogP contribution in [-0.2, 0) is 27.8 Å². The highest BCUT2D eigenvalue weighted by atomic mass is 35.5. The van der Waals surface area contributed by atoms with Crippen molar-refractivity contribution in [1.29, 1.82) is 0 Å². The lowest BCUT2D eigenvalue weighted by Gasteiger charge is -2.27. The third-order valence-corrected chi connectivity index (χ3v) is 8.43. The fourth-order valence-corrected chi connectivity index (χ4v) is 5.79. The van der Waals surface area contributed by atoms with Gasteiger partial charge in [-0.3, -0.25) is 4.79 Å². The molecule has 0 aliphatic heterocycles. The standard InChI is InChI=1S/C26H29ClN2O5S2/c1-4-14-29(36(31,32)23-10-8-21(27)9-11-23)19-26(30)28(18-22-6-5-16-35-22)15-13-20-7-12-24(33-2)25(17-20)34-3/h4-12,16-17H,1,13-15,18-19H2,2-3H3. The summed E-state index contributed by atoms with van der Waals surface area (Å²) in [5.74, 6) is 0.931. The first-order valence-electron chi connectivity index (χ1n) is 11.2. The minimum Gasteiger partial charge on any atom is -0.493 e. The van der Waals surface area contributed by atoms with Crippen LogP contribution in [0.25, 0.3) is 0 Å². The van der Waals surface area contributed by atoms with Crippen LogP contribution in [0.2, 0.25) is 5.02 Å². The van der Waals surface area contributed by atoms with E-state index in [4.69, 9.17) is 21.1 Å². The van der Waals surface area contributed by atoms with Crippen LogP contribution in [0.1, 0.15) is 10.4 Å². The predicted molar refractivity (Wildman–Crippen MR) is 143 cm³/mol. The van der Waals surface area contributed by atoms with Gasteiger partial charge in [0.1, 0.15) is 0 Å². The van der Waals surface area contributed by atoms with Crippen molar-refractivity contribution in [2.75, 3.05) is 33.9 Å². The highest BCUT2D eigenvalue weighted by Crippen LogP contribution is 2.28. The van der Waals surface area contributed by atoms with Crippen LogP contribution < -0.4 is 9.47 Å². The molecule has 1 aromatic heterocycles. The Morgan fingerprint density at radius 2 is 1.81 bits per heavy atom. The first-order valence-corrected chi connectivity index (χ1v) is 13.9. The third-order valence-electron chi connectivity index (χ3n) is 5.49. The second-order valence-electron chi connectivity index (χ2n) is 7.87. The van der Waals surface area contributed by atoms with E-state index in [9.17, 15) is 13.2 Å². The van der Waals surface area contributed by atoms with Gasteiger partial charge in [-0.2, -0.15) is 4.31 Å². The molecule has 0 aliphatic carbocycles. The van der Waals surface area contributed by atoms with E-state index in [1.54, 1.807) is 30.5 Å². The average molecular weight is 549 g/mol. The first-order chi connectivity index (χ1) is 17.3. The number of sulfonamides is 1. The van der Waals surface area contributed by atoms with Gasteiger partial charge in [-0.1, -0.05) is 29.8 Å². The number of benzene rings is 2. The van der Waals surface area contributed by atoms with E-state index < -0.39 is 10.0 Å². The summed E-state index contributed by atoms with van der Waals surface area (Å²) in [6.07, 6.45) is 2.02. The molecule has 36 heavy (non-hydrogen) atoms. The minimum absolute atomic E-state index is 0.000773. The topological polar surface area (TPSA) is 76.2 Å². The van der Waals surface area contributed by atoms with Gasteiger partial charge >= 0.3 is 0 Å². The maximum atomic E-state index is 13.5. The van der Waals surface area contributed by atoms with E-state index >= 15 is 0 Å². The van der Waals surface area contributed by atoms with Gasteiger partial charge < -0.3 is 14.4 Å². The van der Waals surface area contributed by atoms with Crippen LogP contribution in [0.4, 0.5) is 0 Å². The Kier molecular flexibility index (Phi) is 9.95. The van der Waals surface area contributed by atoms with E-state index in [0.717, 1.165) is 14.7 Å². The number of carbonyl (C=O) groups is 1. The Labute approximate surface area is 221 Å². The summed E-state index contributed by atoms with van der Waals surface area (Å²) in [4.78, 5) is 16.2. The van der Waals surface area contributed by atoms with Crippen LogP contribution in [0.3, 0.4) is 0 Å². The molecule has 3 rings (SSSR count). The van der Waals surface area contributed by atoms with Gasteiger partial charge in [-0.25, -0.2) is 8.42 Å². The van der Waals surface area contributed by atoms with Crippen LogP contribution in [0.15, 0.2) is 77.5 Å². The second-order valence-corrected chi connectivity index (χ2v) is 11.3. The number of rotatable bonds is 13. The molecule has 192 valence electrons. The molecule has 0 saturated heterocycles. The number of hydrogen-bond acceptors (Lipinski definition) is 6. The van der Waals surface area contributed by atoms with Gasteiger partial charge in [0.2, 0.25) is 15.9 Å². The predicted octanol–water partition coefficient (Wildman–Crippen LogP) is 4.87. The summed E-state index contributed by atoms with van der Waals surface area (Å²) in [6, 6.07) is 15.4. The van der Waals surface area contributed by atoms with Crippen molar-refractivity contribution in [3.05, 3.63) is 88.1 Å². The number of ether oxygens (including phenoxy) is 2. The quantitative estimate of drug-likeness (QED) is 0.285. The molecule has 3 aromatic rings. The Morgan fingerprint density at radius 3 is 2.42 bits per heavy atom. The number of amides is 1. The zero-order valence-corrected chi connectivity index (χ0v) is 22.6. The zero-order chi connectivity index (χ0) is 26.1. The molecule has 1 amide bonds. The number of halogens is 1. The van der Waals surface area contributed by atoms with Gasteiger partial charge in [0.15, 0.2) is 11.5 Å². The molecule has 0 aliphatic rings. The third kappa shape index (κ3) is 7.10. The molecule has 2 aromatic carbocycles. The van der Waals surface area contributed by atoms with Crippen molar-refractivity contribution >= 4 is 38.9 Å². The lowest BCUT2D eigenvalue weighted by molar-refractivity contribution is -0.131. The molecule has 0 unspecified atom stereocenters. The Balaban J connectivity index is 1.81. The van der Waals surface area contributed by atoms with Crippen LogP contribution >= 0.6 is 22.9 Å². The molecule has 0 fully saturated rings. The number of carbonyl (C=O) groups excluding carboxylic acids is 1. The van der Waals surface area contributed by atoms with Gasteiger partial charge in [0, 0.05) is 23.0 Å². The lowest BCUT2D eigenvalue weighted by Crippen LogP contribution is -2.43. The first kappa shape index (κ1) is 27.7. The van der Waals surface area contributed by atoms with E-state index in [1.165, 1.54) is 30.3 Å². The van der Waals surface area contributed by atoms with E-state index in [1.807, 2.05) is 35.7 Å². The molecular formula is C26H29ClN2O5S2. The van der Waals surface area contributed by atoms with Crippen molar-refractivity contribution in [3.8, 4) is 11.5 Å². The summed E-state index contributed by atoms with van der Waals surface area (Å²) in [5.41, 5.74) is 0.966. The van der Waals surface area contributed by atoms with Crippen molar-refractivity contribution in [2.45, 2.75) is 17.9 Å². The molecule has 0 spiro atoms. The molecule has 0 N–H and O–H groups in total. The number of thiophene rings is 1. The Morgan fingerprint density at radius 1 is 1.08 bits per heavy atom. The van der Waals surface area contributed by atoms with Crippen molar-refractivity contribution < 1.29 is 22.7 Å². The van der Waals surface area contributed by atoms with Crippen LogP contribution in [-0.4, -0.2) is 57.4 Å². The highest BCUT2D eigenvalue weighted by molar-refractivity contribution is 7.89. The summed E-state index contributed by atoms with van der Waals surface area (Å²) in [7, 11) is -0.778. The van der Waals surface area contributed by atoms with Gasteiger partial charge in [0.05, 0.1) is 32.2 Å². The maximum absolute atomic E-state index is 13.5.